The van der Waals surface area contributed by atoms with E-state index < -0.39 is 5.41 Å². The van der Waals surface area contributed by atoms with Crippen LogP contribution in [0.1, 0.15) is 64.9 Å². The summed E-state index contributed by atoms with van der Waals surface area (Å²) in [7, 11) is 0. The van der Waals surface area contributed by atoms with E-state index in [1.165, 1.54) is 12.8 Å². The molecule has 5 heteroatoms. The normalized spacial score (nSPS) is 45.8. The van der Waals surface area contributed by atoms with Gasteiger partial charge in [0.25, 0.3) is 0 Å². The maximum atomic E-state index is 13.6. The molecule has 1 aromatic carbocycles. The molecule has 0 unspecified atom stereocenters. The molecule has 3 saturated carbocycles. The second-order valence-electron chi connectivity index (χ2n) is 11.0. The number of carbonyl (C=O) groups excluding carboxylic acids is 1. The number of ether oxygens (including phenoxy) is 2. The third-order valence-corrected chi connectivity index (χ3v) is 9.69. The molecular formula is C25H33NO4. The van der Waals surface area contributed by atoms with Gasteiger partial charge in [-0.05, 0) is 42.6 Å². The monoisotopic (exact) mass is 411 g/mol. The molecule has 2 heterocycles. The SMILES string of the molecule is CC1(C)[C@@H]2CC[C@@]1(C)[C@@H]1O[C@@H]3N(O[C@H]4CCCC[C@]43C(=O)OCc3ccccc3)[C@H]21. The summed E-state index contributed by atoms with van der Waals surface area (Å²) in [5.41, 5.74) is 0.680. The molecule has 2 saturated heterocycles. The van der Waals surface area contributed by atoms with Gasteiger partial charge in [0.15, 0.2) is 6.23 Å². The second kappa shape index (κ2) is 6.30. The summed E-state index contributed by atoms with van der Waals surface area (Å²) in [6.07, 6.45) is 5.93. The van der Waals surface area contributed by atoms with E-state index in [4.69, 9.17) is 14.3 Å². The molecule has 3 aliphatic carbocycles. The largest absolute Gasteiger partial charge is 0.460 e. The quantitative estimate of drug-likeness (QED) is 0.688. The van der Waals surface area contributed by atoms with Gasteiger partial charge in [0.2, 0.25) is 0 Å². The van der Waals surface area contributed by atoms with Crippen LogP contribution in [0.3, 0.4) is 0 Å². The molecule has 5 nitrogen and oxygen atoms in total. The van der Waals surface area contributed by atoms with E-state index in [1.807, 2.05) is 30.3 Å². The Labute approximate surface area is 179 Å². The molecule has 6 rings (SSSR count). The standard InChI is InChI=1S/C25H33NO4/c1-23(2)17-12-14-24(23,3)20-19(17)26-21(29-20)25(13-8-7-11-18(25)30-26)22(27)28-15-16-9-5-4-6-10-16/h4-6,9-10,17-21H,7-8,11-15H2,1-3H3/t17-,18+,19-,20-,21+,24+,25+/m1/s1. The van der Waals surface area contributed by atoms with Crippen molar-refractivity contribution in [2.75, 3.05) is 0 Å². The van der Waals surface area contributed by atoms with Crippen LogP contribution in [0.15, 0.2) is 30.3 Å². The summed E-state index contributed by atoms with van der Waals surface area (Å²) in [6.45, 7) is 7.49. The molecule has 30 heavy (non-hydrogen) atoms. The first-order chi connectivity index (χ1) is 14.4. The molecule has 1 aromatic rings. The number of nitrogens with zero attached hydrogens (tertiary/aromatic N) is 1. The van der Waals surface area contributed by atoms with Crippen molar-refractivity contribution < 1.29 is 19.1 Å². The molecule has 0 spiro atoms. The third-order valence-electron chi connectivity index (χ3n) is 9.69. The zero-order valence-electron chi connectivity index (χ0n) is 18.3. The lowest BCUT2D eigenvalue weighted by atomic mass is 9.69. The predicted molar refractivity (Wildman–Crippen MR) is 111 cm³/mol. The molecular weight excluding hydrogens is 378 g/mol. The molecule has 0 radical (unpaired) electrons. The van der Waals surface area contributed by atoms with Crippen LogP contribution in [-0.2, 0) is 25.7 Å². The number of hydrogen-bond acceptors (Lipinski definition) is 5. The lowest BCUT2D eigenvalue weighted by molar-refractivity contribution is -0.197. The van der Waals surface area contributed by atoms with Crippen LogP contribution < -0.4 is 0 Å². The molecule has 5 fully saturated rings. The van der Waals surface area contributed by atoms with Crippen molar-refractivity contribution >= 4 is 5.97 Å². The second-order valence-corrected chi connectivity index (χ2v) is 11.0. The Kier molecular flexibility index (Phi) is 4.05. The summed E-state index contributed by atoms with van der Waals surface area (Å²) in [6, 6.07) is 10.2. The number of hydroxylamine groups is 2. The highest BCUT2D eigenvalue weighted by atomic mass is 16.8. The number of fused-ring (bicyclic) bond motifs is 9. The highest BCUT2D eigenvalue weighted by Crippen LogP contribution is 2.71. The summed E-state index contributed by atoms with van der Waals surface area (Å²) in [5.74, 6) is 0.412. The van der Waals surface area contributed by atoms with Gasteiger partial charge < -0.3 is 9.47 Å². The van der Waals surface area contributed by atoms with Crippen LogP contribution in [-0.4, -0.2) is 35.5 Å². The Morgan fingerprint density at radius 2 is 1.93 bits per heavy atom. The zero-order valence-corrected chi connectivity index (χ0v) is 18.3. The Morgan fingerprint density at radius 3 is 2.73 bits per heavy atom. The Morgan fingerprint density at radius 1 is 1.13 bits per heavy atom. The minimum Gasteiger partial charge on any atom is -0.460 e. The van der Waals surface area contributed by atoms with Crippen LogP contribution >= 0.6 is 0 Å². The van der Waals surface area contributed by atoms with Gasteiger partial charge >= 0.3 is 5.97 Å². The minimum atomic E-state index is -0.697. The molecule has 0 N–H and O–H groups in total. The van der Waals surface area contributed by atoms with Gasteiger partial charge in [-0.2, -0.15) is 5.06 Å². The van der Waals surface area contributed by atoms with E-state index in [9.17, 15) is 4.79 Å². The first kappa shape index (κ1) is 19.3. The topological polar surface area (TPSA) is 48.0 Å². The molecule has 0 aromatic heterocycles. The highest BCUT2D eigenvalue weighted by Gasteiger charge is 2.77. The zero-order chi connectivity index (χ0) is 20.7. The fourth-order valence-corrected chi connectivity index (χ4v) is 7.56. The first-order valence-corrected chi connectivity index (χ1v) is 11.7. The van der Waals surface area contributed by atoms with Gasteiger partial charge in [-0.15, -0.1) is 0 Å². The van der Waals surface area contributed by atoms with E-state index >= 15 is 0 Å². The average Bonchev–Trinajstić information content (AvgIpc) is 3.39. The van der Waals surface area contributed by atoms with Crippen LogP contribution in [0.4, 0.5) is 0 Å². The maximum absolute atomic E-state index is 13.6. The van der Waals surface area contributed by atoms with Crippen LogP contribution in [0.2, 0.25) is 0 Å². The van der Waals surface area contributed by atoms with E-state index in [0.717, 1.165) is 31.2 Å². The predicted octanol–water partition coefficient (Wildman–Crippen LogP) is 4.46. The van der Waals surface area contributed by atoms with Gasteiger partial charge in [0.1, 0.15) is 12.0 Å². The van der Waals surface area contributed by atoms with Crippen molar-refractivity contribution in [1.82, 2.24) is 5.06 Å². The lowest BCUT2D eigenvalue weighted by Crippen LogP contribution is -2.51. The van der Waals surface area contributed by atoms with Crippen molar-refractivity contribution in [3.63, 3.8) is 0 Å². The van der Waals surface area contributed by atoms with Crippen LogP contribution in [0.5, 0.6) is 0 Å². The molecule has 5 aliphatic rings. The number of esters is 1. The number of hydrogen-bond donors (Lipinski definition) is 0. The Hall–Kier alpha value is -1.43. The van der Waals surface area contributed by atoms with Gasteiger partial charge in [-0.25, -0.2) is 0 Å². The van der Waals surface area contributed by atoms with Crippen LogP contribution in [0.25, 0.3) is 0 Å². The van der Waals surface area contributed by atoms with Crippen LogP contribution in [0, 0.1) is 22.2 Å². The Bertz CT molecular complexity index is 856. The average molecular weight is 412 g/mol. The summed E-state index contributed by atoms with van der Waals surface area (Å²) in [4.78, 5) is 20.2. The van der Waals surface area contributed by atoms with Gasteiger partial charge in [-0.1, -0.05) is 63.9 Å². The molecule has 2 aliphatic heterocycles. The summed E-state index contributed by atoms with van der Waals surface area (Å²) in [5, 5.41) is 2.13. The molecule has 7 atom stereocenters. The van der Waals surface area contributed by atoms with Gasteiger partial charge in [0.05, 0.1) is 18.2 Å². The maximum Gasteiger partial charge on any atom is 0.319 e. The van der Waals surface area contributed by atoms with Crippen molar-refractivity contribution in [2.45, 2.75) is 90.4 Å². The number of carbonyl (C=O) groups is 1. The van der Waals surface area contributed by atoms with Crippen molar-refractivity contribution in [1.29, 1.82) is 0 Å². The van der Waals surface area contributed by atoms with Gasteiger partial charge in [0, 0.05) is 5.41 Å². The van der Waals surface area contributed by atoms with Crippen molar-refractivity contribution in [3.05, 3.63) is 35.9 Å². The van der Waals surface area contributed by atoms with Crippen molar-refractivity contribution in [3.8, 4) is 0 Å². The van der Waals surface area contributed by atoms with Gasteiger partial charge in [-0.3, -0.25) is 9.63 Å². The first-order valence-electron chi connectivity index (χ1n) is 11.7. The van der Waals surface area contributed by atoms with E-state index in [0.29, 0.717) is 12.5 Å². The molecule has 162 valence electrons. The highest BCUT2D eigenvalue weighted by molar-refractivity contribution is 5.79. The summed E-state index contributed by atoms with van der Waals surface area (Å²) >= 11 is 0. The fraction of sp³-hybridized carbons (Fsp3) is 0.720. The number of rotatable bonds is 3. The molecule has 2 bridgehead atoms. The van der Waals surface area contributed by atoms with Crippen molar-refractivity contribution in [2.24, 2.45) is 22.2 Å². The minimum absolute atomic E-state index is 0.129. The molecule has 0 amide bonds. The van der Waals surface area contributed by atoms with E-state index in [1.54, 1.807) is 0 Å². The fourth-order valence-electron chi connectivity index (χ4n) is 7.56. The third kappa shape index (κ3) is 2.21. The smallest absolute Gasteiger partial charge is 0.319 e. The Balaban J connectivity index is 1.31. The number of benzene rings is 1. The summed E-state index contributed by atoms with van der Waals surface area (Å²) < 4.78 is 12.7. The lowest BCUT2D eigenvalue weighted by Gasteiger charge is -2.41. The van der Waals surface area contributed by atoms with E-state index in [2.05, 4.69) is 25.8 Å². The van der Waals surface area contributed by atoms with E-state index in [-0.39, 0.29) is 41.3 Å².